The lowest BCUT2D eigenvalue weighted by Gasteiger charge is -2.01. The van der Waals surface area contributed by atoms with Gasteiger partial charge in [0.05, 0.1) is 5.75 Å². The third-order valence-corrected chi connectivity index (χ3v) is 3.14. The molecule has 0 bridgehead atoms. The van der Waals surface area contributed by atoms with E-state index in [1.807, 2.05) is 0 Å². The normalized spacial score (nSPS) is 10.3. The van der Waals surface area contributed by atoms with Crippen molar-refractivity contribution in [3.05, 3.63) is 30.1 Å². The Balaban J connectivity index is 2.37. The van der Waals surface area contributed by atoms with Crippen LogP contribution in [0.5, 0.6) is 0 Å². The van der Waals surface area contributed by atoms with Crippen LogP contribution in [0.2, 0.25) is 0 Å². The second-order valence-electron chi connectivity index (χ2n) is 3.36. The summed E-state index contributed by atoms with van der Waals surface area (Å²) in [6.07, 6.45) is 2.56. The molecular weight excluding hydrogens is 211 g/mol. The minimum atomic E-state index is -0.245. The van der Waals surface area contributed by atoms with E-state index in [0.717, 1.165) is 12.8 Å². The van der Waals surface area contributed by atoms with Gasteiger partial charge in [0.25, 0.3) is 0 Å². The van der Waals surface area contributed by atoms with E-state index < -0.39 is 0 Å². The van der Waals surface area contributed by atoms with Gasteiger partial charge in [-0.1, -0.05) is 25.5 Å². The van der Waals surface area contributed by atoms with Crippen LogP contribution in [0.25, 0.3) is 0 Å². The first-order valence-corrected chi connectivity index (χ1v) is 6.11. The summed E-state index contributed by atoms with van der Waals surface area (Å²) in [5.74, 6) is 0.330. The van der Waals surface area contributed by atoms with Crippen LogP contribution in [0.15, 0.2) is 29.2 Å². The number of hydrogen-bond acceptors (Lipinski definition) is 2. The van der Waals surface area contributed by atoms with Gasteiger partial charge in [0.2, 0.25) is 0 Å². The Labute approximate surface area is 94.1 Å². The molecule has 0 radical (unpaired) electrons. The Kier molecular flexibility index (Phi) is 5.40. The Morgan fingerprint density at radius 2 is 2.13 bits per heavy atom. The number of hydrogen-bond donors (Lipinski definition) is 0. The van der Waals surface area contributed by atoms with Crippen LogP contribution in [-0.2, 0) is 4.79 Å². The molecule has 0 unspecified atom stereocenters. The van der Waals surface area contributed by atoms with Crippen LogP contribution in [0.3, 0.4) is 0 Å². The van der Waals surface area contributed by atoms with Gasteiger partial charge in [-0.15, -0.1) is 11.8 Å². The zero-order valence-electron chi connectivity index (χ0n) is 8.83. The SMILES string of the molecule is CCCCC(=O)CSc1ccccc1F. The molecule has 0 aromatic heterocycles. The third-order valence-electron chi connectivity index (χ3n) is 2.03. The molecule has 0 saturated carbocycles. The lowest BCUT2D eigenvalue weighted by molar-refractivity contribution is -0.116. The molecule has 0 aliphatic heterocycles. The van der Waals surface area contributed by atoms with Crippen molar-refractivity contribution in [2.45, 2.75) is 31.1 Å². The predicted molar refractivity (Wildman–Crippen MR) is 61.7 cm³/mol. The maximum absolute atomic E-state index is 13.2. The first-order chi connectivity index (χ1) is 7.24. The van der Waals surface area contributed by atoms with Crippen molar-refractivity contribution in [2.24, 2.45) is 0 Å². The van der Waals surface area contributed by atoms with E-state index in [2.05, 4.69) is 6.92 Å². The van der Waals surface area contributed by atoms with E-state index in [9.17, 15) is 9.18 Å². The molecule has 0 aliphatic rings. The molecule has 0 atom stereocenters. The van der Waals surface area contributed by atoms with Crippen molar-refractivity contribution < 1.29 is 9.18 Å². The zero-order valence-corrected chi connectivity index (χ0v) is 9.65. The Bertz CT molecular complexity index is 325. The lowest BCUT2D eigenvalue weighted by Crippen LogP contribution is -2.00. The average molecular weight is 226 g/mol. The molecule has 0 amide bonds. The number of benzene rings is 1. The van der Waals surface area contributed by atoms with Crippen LogP contribution < -0.4 is 0 Å². The van der Waals surface area contributed by atoms with Crippen molar-refractivity contribution in [1.29, 1.82) is 0 Å². The highest BCUT2D eigenvalue weighted by Crippen LogP contribution is 2.21. The minimum Gasteiger partial charge on any atom is -0.299 e. The molecule has 0 aliphatic carbocycles. The standard InChI is InChI=1S/C12H15FOS/c1-2-3-6-10(14)9-15-12-8-5-4-7-11(12)13/h4-5,7-8H,2-3,6,9H2,1H3. The van der Waals surface area contributed by atoms with Crippen LogP contribution in [0.1, 0.15) is 26.2 Å². The maximum Gasteiger partial charge on any atom is 0.143 e. The number of carbonyl (C=O) groups is 1. The van der Waals surface area contributed by atoms with E-state index in [1.54, 1.807) is 18.2 Å². The summed E-state index contributed by atoms with van der Waals surface area (Å²) in [5, 5.41) is 0. The van der Waals surface area contributed by atoms with Crippen LogP contribution in [0, 0.1) is 5.82 Å². The second-order valence-corrected chi connectivity index (χ2v) is 4.38. The van der Waals surface area contributed by atoms with Crippen LogP contribution >= 0.6 is 11.8 Å². The monoisotopic (exact) mass is 226 g/mol. The smallest absolute Gasteiger partial charge is 0.143 e. The Morgan fingerprint density at radius 1 is 1.40 bits per heavy atom. The van der Waals surface area contributed by atoms with Crippen molar-refractivity contribution >= 4 is 17.5 Å². The average Bonchev–Trinajstić information content (AvgIpc) is 2.25. The summed E-state index contributed by atoms with van der Waals surface area (Å²) in [5.41, 5.74) is 0. The lowest BCUT2D eigenvalue weighted by atomic mass is 10.2. The van der Waals surface area contributed by atoms with Crippen molar-refractivity contribution in [2.75, 3.05) is 5.75 Å². The van der Waals surface area contributed by atoms with Gasteiger partial charge < -0.3 is 0 Å². The second kappa shape index (κ2) is 6.62. The van der Waals surface area contributed by atoms with Gasteiger partial charge in [0.15, 0.2) is 0 Å². The number of ketones is 1. The van der Waals surface area contributed by atoms with Gasteiger partial charge in [-0.25, -0.2) is 4.39 Å². The van der Waals surface area contributed by atoms with Gasteiger partial charge in [-0.3, -0.25) is 4.79 Å². The first-order valence-electron chi connectivity index (χ1n) is 5.13. The van der Waals surface area contributed by atoms with Crippen LogP contribution in [0.4, 0.5) is 4.39 Å². The minimum absolute atomic E-state index is 0.199. The fourth-order valence-electron chi connectivity index (χ4n) is 1.17. The summed E-state index contributed by atoms with van der Waals surface area (Å²) < 4.78 is 13.2. The summed E-state index contributed by atoms with van der Waals surface area (Å²) in [4.78, 5) is 11.9. The summed E-state index contributed by atoms with van der Waals surface area (Å²) >= 11 is 1.28. The number of rotatable bonds is 6. The van der Waals surface area contributed by atoms with Crippen molar-refractivity contribution in [3.63, 3.8) is 0 Å². The van der Waals surface area contributed by atoms with Crippen LogP contribution in [-0.4, -0.2) is 11.5 Å². The highest BCUT2D eigenvalue weighted by atomic mass is 32.2. The van der Waals surface area contributed by atoms with E-state index >= 15 is 0 Å². The molecule has 0 heterocycles. The summed E-state index contributed by atoms with van der Waals surface area (Å²) in [6.45, 7) is 2.05. The largest absolute Gasteiger partial charge is 0.299 e. The first kappa shape index (κ1) is 12.2. The summed E-state index contributed by atoms with van der Waals surface area (Å²) in [7, 11) is 0. The molecule has 0 spiro atoms. The quantitative estimate of drug-likeness (QED) is 0.688. The van der Waals surface area contributed by atoms with Gasteiger partial charge in [0, 0.05) is 11.3 Å². The molecule has 1 aromatic carbocycles. The van der Waals surface area contributed by atoms with E-state index in [0.29, 0.717) is 17.1 Å². The number of carbonyl (C=O) groups excluding carboxylic acids is 1. The number of thioether (sulfide) groups is 1. The van der Waals surface area contributed by atoms with Crippen molar-refractivity contribution in [3.8, 4) is 0 Å². The fraction of sp³-hybridized carbons (Fsp3) is 0.417. The Hall–Kier alpha value is -0.830. The van der Waals surface area contributed by atoms with Crippen molar-refractivity contribution in [1.82, 2.24) is 0 Å². The van der Waals surface area contributed by atoms with E-state index in [4.69, 9.17) is 0 Å². The summed E-state index contributed by atoms with van der Waals surface area (Å²) in [6, 6.07) is 6.55. The van der Waals surface area contributed by atoms with E-state index in [1.165, 1.54) is 17.8 Å². The third kappa shape index (κ3) is 4.47. The maximum atomic E-state index is 13.2. The molecule has 1 rings (SSSR count). The highest BCUT2D eigenvalue weighted by molar-refractivity contribution is 8.00. The van der Waals surface area contributed by atoms with Gasteiger partial charge in [-0.2, -0.15) is 0 Å². The van der Waals surface area contributed by atoms with E-state index in [-0.39, 0.29) is 11.6 Å². The molecular formula is C12H15FOS. The number of halogens is 1. The topological polar surface area (TPSA) is 17.1 Å². The molecule has 0 fully saturated rings. The molecule has 1 aromatic rings. The zero-order chi connectivity index (χ0) is 11.1. The predicted octanol–water partition coefficient (Wildman–Crippen LogP) is 3.68. The molecule has 15 heavy (non-hydrogen) atoms. The number of unbranched alkanes of at least 4 members (excludes halogenated alkanes) is 1. The molecule has 0 saturated heterocycles. The molecule has 3 heteroatoms. The highest BCUT2D eigenvalue weighted by Gasteiger charge is 2.05. The molecule has 82 valence electrons. The Morgan fingerprint density at radius 3 is 2.80 bits per heavy atom. The van der Waals surface area contributed by atoms with Gasteiger partial charge >= 0.3 is 0 Å². The van der Waals surface area contributed by atoms with Gasteiger partial charge in [0.1, 0.15) is 11.6 Å². The molecule has 1 nitrogen and oxygen atoms in total. The molecule has 0 N–H and O–H groups in total. The fourth-order valence-corrected chi connectivity index (χ4v) is 2.01. The van der Waals surface area contributed by atoms with Gasteiger partial charge in [-0.05, 0) is 18.6 Å². The number of Topliss-reactive ketones (excluding diaryl/α,β-unsaturated/α-hetero) is 1.